The maximum absolute atomic E-state index is 5.69. The first-order valence-corrected chi connectivity index (χ1v) is 6.24. The van der Waals surface area contributed by atoms with Crippen molar-refractivity contribution in [2.45, 2.75) is 32.7 Å². The fourth-order valence-corrected chi connectivity index (χ4v) is 1.90. The summed E-state index contributed by atoms with van der Waals surface area (Å²) >= 11 is 5.69. The lowest BCUT2D eigenvalue weighted by molar-refractivity contribution is 0.685. The third kappa shape index (κ3) is 2.85. The molecule has 2 rings (SSSR count). The highest BCUT2D eigenvalue weighted by molar-refractivity contribution is 6.17. The van der Waals surface area contributed by atoms with E-state index in [4.69, 9.17) is 11.6 Å². The minimum Gasteiger partial charge on any atom is -0.367 e. The number of fused-ring (bicyclic) bond motifs is 1. The molecule has 2 aromatic heterocycles. The van der Waals surface area contributed by atoms with Crippen LogP contribution in [0.2, 0.25) is 0 Å². The van der Waals surface area contributed by atoms with Crippen molar-refractivity contribution < 1.29 is 0 Å². The molecule has 0 spiro atoms. The average Bonchev–Trinajstić information content (AvgIpc) is 2.74. The first-order valence-electron chi connectivity index (χ1n) is 5.70. The van der Waals surface area contributed by atoms with Crippen LogP contribution < -0.4 is 5.32 Å². The van der Waals surface area contributed by atoms with E-state index in [-0.39, 0.29) is 0 Å². The predicted octanol–water partition coefficient (Wildman–Crippen LogP) is 2.25. The standard InChI is InChI=1S/C11H16ClN5/c1-8(4-3-5-12)15-10-6-9(2)16-11-13-7-14-17(10)11/h6-8,15H,3-5H2,1-2H3. The van der Waals surface area contributed by atoms with Gasteiger partial charge in [-0.05, 0) is 26.7 Å². The smallest absolute Gasteiger partial charge is 0.254 e. The Morgan fingerprint density at radius 2 is 2.35 bits per heavy atom. The first kappa shape index (κ1) is 12.1. The molecule has 2 heterocycles. The van der Waals surface area contributed by atoms with Gasteiger partial charge in [0.1, 0.15) is 12.1 Å². The predicted molar refractivity (Wildman–Crippen MR) is 68.6 cm³/mol. The minimum atomic E-state index is 0.350. The summed E-state index contributed by atoms with van der Waals surface area (Å²) in [6, 6.07) is 2.32. The van der Waals surface area contributed by atoms with Gasteiger partial charge in [-0.3, -0.25) is 0 Å². The maximum Gasteiger partial charge on any atom is 0.254 e. The van der Waals surface area contributed by atoms with E-state index in [0.717, 1.165) is 24.4 Å². The van der Waals surface area contributed by atoms with Crippen LogP contribution in [0.1, 0.15) is 25.5 Å². The summed E-state index contributed by atoms with van der Waals surface area (Å²) < 4.78 is 1.71. The molecule has 2 aromatic rings. The van der Waals surface area contributed by atoms with Gasteiger partial charge in [0.05, 0.1) is 0 Å². The third-order valence-electron chi connectivity index (χ3n) is 2.54. The van der Waals surface area contributed by atoms with Crippen LogP contribution in [0.5, 0.6) is 0 Å². The summed E-state index contributed by atoms with van der Waals surface area (Å²) in [4.78, 5) is 8.38. The number of nitrogens with one attached hydrogen (secondary N) is 1. The average molecular weight is 254 g/mol. The molecule has 0 aliphatic carbocycles. The number of halogens is 1. The van der Waals surface area contributed by atoms with Crippen molar-refractivity contribution >= 4 is 23.2 Å². The monoisotopic (exact) mass is 253 g/mol. The van der Waals surface area contributed by atoms with Crippen LogP contribution in [-0.2, 0) is 0 Å². The lowest BCUT2D eigenvalue weighted by Gasteiger charge is -2.15. The van der Waals surface area contributed by atoms with Crippen LogP contribution in [0.25, 0.3) is 5.78 Å². The van der Waals surface area contributed by atoms with E-state index < -0.39 is 0 Å². The fraction of sp³-hybridized carbons (Fsp3) is 0.545. The van der Waals surface area contributed by atoms with E-state index in [9.17, 15) is 0 Å². The topological polar surface area (TPSA) is 55.1 Å². The molecular weight excluding hydrogens is 238 g/mol. The number of alkyl halides is 1. The number of nitrogens with zero attached hydrogens (tertiary/aromatic N) is 4. The van der Waals surface area contributed by atoms with Gasteiger partial charge in [0.15, 0.2) is 0 Å². The quantitative estimate of drug-likeness (QED) is 0.831. The summed E-state index contributed by atoms with van der Waals surface area (Å²) in [6.45, 7) is 4.08. The molecule has 0 aliphatic heterocycles. The van der Waals surface area contributed by atoms with Gasteiger partial charge < -0.3 is 5.32 Å². The molecule has 0 saturated carbocycles. The van der Waals surface area contributed by atoms with E-state index in [2.05, 4.69) is 27.3 Å². The Labute approximate surface area is 105 Å². The first-order chi connectivity index (χ1) is 8.20. The molecule has 0 aliphatic rings. The summed E-state index contributed by atoms with van der Waals surface area (Å²) in [5.41, 5.74) is 0.928. The lowest BCUT2D eigenvalue weighted by Crippen LogP contribution is -2.18. The number of rotatable bonds is 5. The van der Waals surface area contributed by atoms with Crippen molar-refractivity contribution in [1.82, 2.24) is 19.6 Å². The Balaban J connectivity index is 2.19. The van der Waals surface area contributed by atoms with Crippen LogP contribution in [0.3, 0.4) is 0 Å². The van der Waals surface area contributed by atoms with Gasteiger partial charge in [-0.15, -0.1) is 11.6 Å². The second-order valence-electron chi connectivity index (χ2n) is 4.13. The molecule has 17 heavy (non-hydrogen) atoms. The van der Waals surface area contributed by atoms with Crippen LogP contribution in [0.4, 0.5) is 5.82 Å². The highest BCUT2D eigenvalue weighted by Gasteiger charge is 2.08. The zero-order valence-corrected chi connectivity index (χ0v) is 10.8. The molecule has 1 atom stereocenters. The largest absolute Gasteiger partial charge is 0.367 e. The molecule has 0 radical (unpaired) electrons. The molecule has 0 saturated heterocycles. The van der Waals surface area contributed by atoms with Gasteiger partial charge in [0.2, 0.25) is 0 Å². The van der Waals surface area contributed by atoms with Gasteiger partial charge in [-0.1, -0.05) is 0 Å². The van der Waals surface area contributed by atoms with Crippen molar-refractivity contribution in [1.29, 1.82) is 0 Å². The zero-order valence-electron chi connectivity index (χ0n) is 10.0. The highest BCUT2D eigenvalue weighted by Crippen LogP contribution is 2.13. The summed E-state index contributed by atoms with van der Waals surface area (Å²) in [5, 5.41) is 7.56. The van der Waals surface area contributed by atoms with Gasteiger partial charge in [0, 0.05) is 23.7 Å². The Morgan fingerprint density at radius 1 is 1.53 bits per heavy atom. The molecule has 0 amide bonds. The lowest BCUT2D eigenvalue weighted by atomic mass is 10.2. The number of aromatic nitrogens is 4. The summed E-state index contributed by atoms with van der Waals surface area (Å²) in [7, 11) is 0. The van der Waals surface area contributed by atoms with Crippen molar-refractivity contribution in [3.63, 3.8) is 0 Å². The van der Waals surface area contributed by atoms with E-state index in [1.165, 1.54) is 6.33 Å². The molecule has 1 N–H and O–H groups in total. The zero-order chi connectivity index (χ0) is 12.3. The molecule has 0 aromatic carbocycles. The molecule has 1 unspecified atom stereocenters. The Kier molecular flexibility index (Phi) is 3.78. The minimum absolute atomic E-state index is 0.350. The van der Waals surface area contributed by atoms with Gasteiger partial charge in [-0.2, -0.15) is 14.6 Å². The second kappa shape index (κ2) is 5.31. The summed E-state index contributed by atoms with van der Waals surface area (Å²) in [5.74, 6) is 2.24. The van der Waals surface area contributed by atoms with Crippen molar-refractivity contribution in [2.24, 2.45) is 0 Å². The number of anilines is 1. The van der Waals surface area contributed by atoms with Gasteiger partial charge >= 0.3 is 0 Å². The van der Waals surface area contributed by atoms with Crippen LogP contribution >= 0.6 is 11.6 Å². The normalized spacial score (nSPS) is 12.9. The highest BCUT2D eigenvalue weighted by atomic mass is 35.5. The maximum atomic E-state index is 5.69. The van der Waals surface area contributed by atoms with Crippen molar-refractivity contribution in [2.75, 3.05) is 11.2 Å². The number of hydrogen-bond donors (Lipinski definition) is 1. The van der Waals surface area contributed by atoms with E-state index in [1.807, 2.05) is 13.0 Å². The van der Waals surface area contributed by atoms with Crippen molar-refractivity contribution in [3.05, 3.63) is 18.1 Å². The van der Waals surface area contributed by atoms with Gasteiger partial charge in [-0.25, -0.2) is 4.98 Å². The van der Waals surface area contributed by atoms with E-state index in [1.54, 1.807) is 4.52 Å². The Bertz CT molecular complexity index is 496. The molecule has 92 valence electrons. The van der Waals surface area contributed by atoms with E-state index >= 15 is 0 Å². The summed E-state index contributed by atoms with van der Waals surface area (Å²) in [6.07, 6.45) is 3.54. The van der Waals surface area contributed by atoms with Gasteiger partial charge in [0.25, 0.3) is 5.78 Å². The fourth-order valence-electron chi connectivity index (χ4n) is 1.74. The molecule has 5 nitrogen and oxygen atoms in total. The van der Waals surface area contributed by atoms with Crippen LogP contribution in [-0.4, -0.2) is 31.5 Å². The number of hydrogen-bond acceptors (Lipinski definition) is 4. The van der Waals surface area contributed by atoms with Crippen LogP contribution in [0.15, 0.2) is 12.4 Å². The second-order valence-corrected chi connectivity index (χ2v) is 4.51. The van der Waals surface area contributed by atoms with Crippen molar-refractivity contribution in [3.8, 4) is 0 Å². The third-order valence-corrected chi connectivity index (χ3v) is 2.81. The van der Waals surface area contributed by atoms with E-state index in [0.29, 0.717) is 17.7 Å². The molecule has 6 heteroatoms. The molecular formula is C11H16ClN5. The molecule has 0 fully saturated rings. The SMILES string of the molecule is Cc1cc(NC(C)CCCCl)n2ncnc2n1. The number of aryl methyl sites for hydroxylation is 1. The Hall–Kier alpha value is -1.36. The Morgan fingerprint density at radius 3 is 3.12 bits per heavy atom. The van der Waals surface area contributed by atoms with Crippen LogP contribution in [0, 0.1) is 6.92 Å². The molecule has 0 bridgehead atoms.